The fraction of sp³-hybridized carbons (Fsp3) is 1.00. The molecule has 1 heterocycles. The van der Waals surface area contributed by atoms with Crippen molar-refractivity contribution in [2.24, 2.45) is 17.3 Å². The van der Waals surface area contributed by atoms with Gasteiger partial charge in [0.05, 0.1) is 0 Å². The van der Waals surface area contributed by atoms with Gasteiger partial charge < -0.3 is 10.2 Å². The molecule has 0 aliphatic carbocycles. The average molecular weight is 283 g/mol. The topological polar surface area (TPSA) is 15.3 Å². The zero-order chi connectivity index (χ0) is 15.0. The maximum Gasteiger partial charge on any atom is 0.00476 e. The Morgan fingerprint density at radius 1 is 1.30 bits per heavy atom. The highest BCUT2D eigenvalue weighted by Crippen LogP contribution is 2.27. The Kier molecular flexibility index (Phi) is 8.13. The Morgan fingerprint density at radius 2 is 2.05 bits per heavy atom. The minimum Gasteiger partial charge on any atom is -0.316 e. The molecule has 0 aromatic heterocycles. The summed E-state index contributed by atoms with van der Waals surface area (Å²) in [4.78, 5) is 2.74. The van der Waals surface area contributed by atoms with Crippen LogP contribution in [-0.2, 0) is 0 Å². The molecule has 1 saturated heterocycles. The second-order valence-corrected chi connectivity index (χ2v) is 7.74. The van der Waals surface area contributed by atoms with Crippen molar-refractivity contribution in [2.75, 3.05) is 32.7 Å². The van der Waals surface area contributed by atoms with Crippen LogP contribution < -0.4 is 5.32 Å². The van der Waals surface area contributed by atoms with E-state index in [9.17, 15) is 0 Å². The minimum atomic E-state index is 0.444. The Balaban J connectivity index is 2.47. The molecule has 2 atom stereocenters. The Hall–Kier alpha value is -0.0800. The zero-order valence-corrected chi connectivity index (χ0v) is 14.7. The fourth-order valence-corrected chi connectivity index (χ4v) is 3.66. The smallest absolute Gasteiger partial charge is 0.00476 e. The number of hydrogen-bond acceptors (Lipinski definition) is 2. The standard InChI is InChI=1S/C18H38N2/c1-6-10-18(5,14-19-12-16(3)4)15-20-11-8-9-17(7-2)13-20/h16-17,19H,6-15H2,1-5H3. The highest BCUT2D eigenvalue weighted by Gasteiger charge is 2.28. The fourth-order valence-electron chi connectivity index (χ4n) is 3.66. The molecular weight excluding hydrogens is 244 g/mol. The quantitative estimate of drug-likeness (QED) is 0.683. The minimum absolute atomic E-state index is 0.444. The molecule has 0 bridgehead atoms. The highest BCUT2D eigenvalue weighted by atomic mass is 15.1. The van der Waals surface area contributed by atoms with Crippen LogP contribution in [0.5, 0.6) is 0 Å². The summed E-state index contributed by atoms with van der Waals surface area (Å²) >= 11 is 0. The lowest BCUT2D eigenvalue weighted by molar-refractivity contribution is 0.102. The van der Waals surface area contributed by atoms with Crippen LogP contribution in [0.4, 0.5) is 0 Å². The second kappa shape index (κ2) is 9.04. The van der Waals surface area contributed by atoms with E-state index in [1.54, 1.807) is 0 Å². The first kappa shape index (κ1) is 18.0. The third-order valence-electron chi connectivity index (χ3n) is 4.74. The molecule has 0 amide bonds. The zero-order valence-electron chi connectivity index (χ0n) is 14.7. The number of likely N-dealkylation sites (tertiary alicyclic amines) is 1. The van der Waals surface area contributed by atoms with Crippen molar-refractivity contribution in [3.05, 3.63) is 0 Å². The van der Waals surface area contributed by atoms with Gasteiger partial charge in [-0.1, -0.05) is 47.5 Å². The van der Waals surface area contributed by atoms with Gasteiger partial charge in [-0.15, -0.1) is 0 Å². The molecule has 1 aliphatic rings. The van der Waals surface area contributed by atoms with E-state index >= 15 is 0 Å². The van der Waals surface area contributed by atoms with Gasteiger partial charge >= 0.3 is 0 Å². The molecule has 0 saturated carbocycles. The molecule has 1 N–H and O–H groups in total. The SMILES string of the molecule is CCCC(C)(CNCC(C)C)CN1CCCC(CC)C1. The van der Waals surface area contributed by atoms with E-state index in [1.807, 2.05) is 0 Å². The predicted molar refractivity (Wildman–Crippen MR) is 90.2 cm³/mol. The Morgan fingerprint density at radius 3 is 2.65 bits per heavy atom. The lowest BCUT2D eigenvalue weighted by Gasteiger charge is -2.40. The number of hydrogen-bond donors (Lipinski definition) is 1. The van der Waals surface area contributed by atoms with Crippen molar-refractivity contribution in [1.82, 2.24) is 10.2 Å². The molecule has 0 radical (unpaired) electrons. The van der Waals surface area contributed by atoms with Gasteiger partial charge in [-0.05, 0) is 49.6 Å². The molecule has 0 spiro atoms. The molecule has 2 unspecified atom stereocenters. The van der Waals surface area contributed by atoms with Crippen molar-refractivity contribution < 1.29 is 0 Å². The van der Waals surface area contributed by atoms with Gasteiger partial charge in [0.2, 0.25) is 0 Å². The van der Waals surface area contributed by atoms with Crippen molar-refractivity contribution in [2.45, 2.75) is 66.7 Å². The number of nitrogens with one attached hydrogen (secondary N) is 1. The summed E-state index contributed by atoms with van der Waals surface area (Å²) in [5, 5.41) is 3.70. The first-order chi connectivity index (χ1) is 9.49. The summed E-state index contributed by atoms with van der Waals surface area (Å²) in [5.74, 6) is 1.69. The van der Waals surface area contributed by atoms with Crippen LogP contribution in [0.1, 0.15) is 66.7 Å². The number of piperidine rings is 1. The van der Waals surface area contributed by atoms with Gasteiger partial charge in [0.15, 0.2) is 0 Å². The van der Waals surface area contributed by atoms with Crippen molar-refractivity contribution >= 4 is 0 Å². The van der Waals surface area contributed by atoms with Gasteiger partial charge in [-0.3, -0.25) is 0 Å². The van der Waals surface area contributed by atoms with Crippen molar-refractivity contribution in [1.29, 1.82) is 0 Å². The first-order valence-electron chi connectivity index (χ1n) is 8.92. The largest absolute Gasteiger partial charge is 0.316 e. The number of rotatable bonds is 9. The molecule has 2 nitrogen and oxygen atoms in total. The monoisotopic (exact) mass is 282 g/mol. The second-order valence-electron chi connectivity index (χ2n) is 7.74. The Bertz CT molecular complexity index is 252. The van der Waals surface area contributed by atoms with E-state index in [2.05, 4.69) is 44.8 Å². The van der Waals surface area contributed by atoms with E-state index in [1.165, 1.54) is 58.3 Å². The third-order valence-corrected chi connectivity index (χ3v) is 4.74. The molecule has 120 valence electrons. The van der Waals surface area contributed by atoms with Gasteiger partial charge in [-0.25, -0.2) is 0 Å². The van der Waals surface area contributed by atoms with Crippen molar-refractivity contribution in [3.8, 4) is 0 Å². The van der Waals surface area contributed by atoms with E-state index in [-0.39, 0.29) is 0 Å². The predicted octanol–water partition coefficient (Wildman–Crippen LogP) is 4.16. The molecule has 0 aromatic rings. The van der Waals surface area contributed by atoms with Gasteiger partial charge in [-0.2, -0.15) is 0 Å². The summed E-state index contributed by atoms with van der Waals surface area (Å²) in [6.45, 7) is 18.0. The molecular formula is C18H38N2. The van der Waals surface area contributed by atoms with Crippen LogP contribution in [0.25, 0.3) is 0 Å². The summed E-state index contributed by atoms with van der Waals surface area (Å²) in [5.41, 5.74) is 0.444. The third kappa shape index (κ3) is 6.58. The van der Waals surface area contributed by atoms with Crippen LogP contribution >= 0.6 is 0 Å². The van der Waals surface area contributed by atoms with Gasteiger partial charge in [0, 0.05) is 19.6 Å². The van der Waals surface area contributed by atoms with E-state index in [0.717, 1.165) is 18.4 Å². The maximum absolute atomic E-state index is 3.70. The van der Waals surface area contributed by atoms with E-state index in [0.29, 0.717) is 5.41 Å². The summed E-state index contributed by atoms with van der Waals surface area (Å²) < 4.78 is 0. The molecule has 1 aliphatic heterocycles. The van der Waals surface area contributed by atoms with Crippen LogP contribution in [0.3, 0.4) is 0 Å². The lowest BCUT2D eigenvalue weighted by atomic mass is 9.83. The summed E-state index contributed by atoms with van der Waals surface area (Å²) in [6.07, 6.45) is 6.84. The van der Waals surface area contributed by atoms with Gasteiger partial charge in [0.1, 0.15) is 0 Å². The maximum atomic E-state index is 3.70. The molecule has 2 heteroatoms. The first-order valence-corrected chi connectivity index (χ1v) is 8.92. The number of nitrogens with zero attached hydrogens (tertiary/aromatic N) is 1. The van der Waals surface area contributed by atoms with Crippen LogP contribution in [-0.4, -0.2) is 37.6 Å². The average Bonchev–Trinajstić information content (AvgIpc) is 2.38. The van der Waals surface area contributed by atoms with E-state index < -0.39 is 0 Å². The van der Waals surface area contributed by atoms with Crippen LogP contribution in [0.2, 0.25) is 0 Å². The highest BCUT2D eigenvalue weighted by molar-refractivity contribution is 4.83. The Labute approximate surface area is 127 Å². The van der Waals surface area contributed by atoms with Crippen LogP contribution in [0.15, 0.2) is 0 Å². The molecule has 0 aromatic carbocycles. The molecule has 1 fully saturated rings. The van der Waals surface area contributed by atoms with Crippen LogP contribution in [0, 0.1) is 17.3 Å². The molecule has 1 rings (SSSR count). The lowest BCUT2D eigenvalue weighted by Crippen LogP contribution is -2.46. The normalized spacial score (nSPS) is 24.0. The van der Waals surface area contributed by atoms with Crippen molar-refractivity contribution in [3.63, 3.8) is 0 Å². The van der Waals surface area contributed by atoms with Gasteiger partial charge in [0.25, 0.3) is 0 Å². The summed E-state index contributed by atoms with van der Waals surface area (Å²) in [7, 11) is 0. The van der Waals surface area contributed by atoms with E-state index in [4.69, 9.17) is 0 Å². The molecule has 20 heavy (non-hydrogen) atoms. The summed E-state index contributed by atoms with van der Waals surface area (Å²) in [6, 6.07) is 0.